The van der Waals surface area contributed by atoms with Crippen molar-refractivity contribution in [2.24, 2.45) is 0 Å². The number of aryl methyl sites for hydroxylation is 1. The number of hydrogen-bond acceptors (Lipinski definition) is 4. The number of hydrogen-bond donors (Lipinski definition) is 1. The molecule has 0 spiro atoms. The number of anilines is 1. The maximum Gasteiger partial charge on any atom is 0.328 e. The summed E-state index contributed by atoms with van der Waals surface area (Å²) < 4.78 is 6.26. The molecule has 1 N–H and O–H groups in total. The molecule has 1 unspecified atom stereocenters. The van der Waals surface area contributed by atoms with E-state index in [2.05, 4.69) is 10.1 Å². The molecule has 0 fully saturated rings. The van der Waals surface area contributed by atoms with Gasteiger partial charge in [0.2, 0.25) is 0 Å². The molecule has 1 rings (SSSR count). The van der Waals surface area contributed by atoms with Crippen LogP contribution < -0.4 is 10.9 Å². The predicted octanol–water partition coefficient (Wildman–Crippen LogP) is 1.23. The Bertz CT molecular complexity index is 440. The summed E-state index contributed by atoms with van der Waals surface area (Å²) in [5.41, 5.74) is 0.688. The number of carbonyl (C=O) groups excluding carboxylic acids is 1. The number of methoxy groups -OCH3 is 1. The highest BCUT2D eigenvalue weighted by atomic mass is 16.5. The zero-order valence-corrected chi connectivity index (χ0v) is 10.4. The molecule has 5 heteroatoms. The molecule has 1 aromatic heterocycles. The molecule has 5 nitrogen and oxygen atoms in total. The van der Waals surface area contributed by atoms with Gasteiger partial charge in [-0.25, -0.2) is 4.79 Å². The standard InChI is InChI=1S/C12H18N2O3/c1-4-10(12(16)17-3)13-9-6-7-11(15)14(5-2)8-9/h6-8,10,13H,4-5H2,1-3H3. The second-order valence-corrected chi connectivity index (χ2v) is 3.67. The molecule has 0 amide bonds. The Kier molecular flexibility index (Phi) is 4.75. The molecule has 94 valence electrons. The van der Waals surface area contributed by atoms with Crippen LogP contribution in [0.3, 0.4) is 0 Å². The molecule has 0 aromatic carbocycles. The van der Waals surface area contributed by atoms with Gasteiger partial charge in [0.25, 0.3) is 5.56 Å². The molecule has 1 atom stereocenters. The average molecular weight is 238 g/mol. The number of rotatable bonds is 5. The normalized spacial score (nSPS) is 11.9. The highest BCUT2D eigenvalue weighted by molar-refractivity contribution is 5.78. The van der Waals surface area contributed by atoms with Crippen LogP contribution in [0.25, 0.3) is 0 Å². The second-order valence-electron chi connectivity index (χ2n) is 3.67. The molecular formula is C12H18N2O3. The second kappa shape index (κ2) is 6.08. The Morgan fingerprint density at radius 1 is 1.47 bits per heavy atom. The molecule has 1 aromatic rings. The summed E-state index contributed by atoms with van der Waals surface area (Å²) >= 11 is 0. The van der Waals surface area contributed by atoms with Crippen molar-refractivity contribution in [2.75, 3.05) is 12.4 Å². The lowest BCUT2D eigenvalue weighted by Gasteiger charge is -2.16. The molecule has 0 saturated heterocycles. The van der Waals surface area contributed by atoms with Gasteiger partial charge in [-0.3, -0.25) is 4.79 Å². The quantitative estimate of drug-likeness (QED) is 0.784. The molecule has 0 aliphatic heterocycles. The highest BCUT2D eigenvalue weighted by Gasteiger charge is 2.16. The third kappa shape index (κ3) is 3.34. The van der Waals surface area contributed by atoms with Gasteiger partial charge >= 0.3 is 5.97 Å². The van der Waals surface area contributed by atoms with Gasteiger partial charge < -0.3 is 14.6 Å². The number of pyridine rings is 1. The Hall–Kier alpha value is -1.78. The van der Waals surface area contributed by atoms with E-state index in [9.17, 15) is 9.59 Å². The van der Waals surface area contributed by atoms with Crippen LogP contribution in [0.5, 0.6) is 0 Å². The van der Waals surface area contributed by atoms with Crippen molar-refractivity contribution in [2.45, 2.75) is 32.9 Å². The fourth-order valence-corrected chi connectivity index (χ4v) is 1.53. The molecule has 17 heavy (non-hydrogen) atoms. The van der Waals surface area contributed by atoms with Crippen LogP contribution in [0.4, 0.5) is 5.69 Å². The first kappa shape index (κ1) is 13.3. The molecule has 0 aliphatic rings. The van der Waals surface area contributed by atoms with Gasteiger partial charge in [-0.1, -0.05) is 6.92 Å². The first-order valence-corrected chi connectivity index (χ1v) is 5.67. The predicted molar refractivity (Wildman–Crippen MR) is 66.1 cm³/mol. The van der Waals surface area contributed by atoms with Crippen LogP contribution in [0, 0.1) is 0 Å². The highest BCUT2D eigenvalue weighted by Crippen LogP contribution is 2.08. The number of esters is 1. The van der Waals surface area contributed by atoms with Crippen molar-refractivity contribution in [3.63, 3.8) is 0 Å². The van der Waals surface area contributed by atoms with Gasteiger partial charge in [0.05, 0.1) is 12.8 Å². The number of aromatic nitrogens is 1. The van der Waals surface area contributed by atoms with E-state index in [1.54, 1.807) is 16.8 Å². The fraction of sp³-hybridized carbons (Fsp3) is 0.500. The first-order valence-electron chi connectivity index (χ1n) is 5.67. The van der Waals surface area contributed by atoms with Crippen molar-refractivity contribution in [3.05, 3.63) is 28.7 Å². The first-order chi connectivity index (χ1) is 8.12. The number of carbonyl (C=O) groups is 1. The Balaban J connectivity index is 2.87. The van der Waals surface area contributed by atoms with E-state index in [0.29, 0.717) is 13.0 Å². The Morgan fingerprint density at radius 3 is 2.71 bits per heavy atom. The zero-order valence-electron chi connectivity index (χ0n) is 10.4. The van der Waals surface area contributed by atoms with E-state index < -0.39 is 0 Å². The maximum atomic E-state index is 11.4. The summed E-state index contributed by atoms with van der Waals surface area (Å²) in [5, 5.41) is 3.05. The van der Waals surface area contributed by atoms with Crippen LogP contribution >= 0.6 is 0 Å². The number of nitrogens with one attached hydrogen (secondary N) is 1. The monoisotopic (exact) mass is 238 g/mol. The van der Waals surface area contributed by atoms with Gasteiger partial charge in [-0.2, -0.15) is 0 Å². The molecule has 0 bridgehead atoms. The summed E-state index contributed by atoms with van der Waals surface area (Å²) in [6.45, 7) is 4.39. The largest absolute Gasteiger partial charge is 0.467 e. The van der Waals surface area contributed by atoms with E-state index in [0.717, 1.165) is 5.69 Å². The summed E-state index contributed by atoms with van der Waals surface area (Å²) in [6.07, 6.45) is 2.33. The van der Waals surface area contributed by atoms with E-state index in [-0.39, 0.29) is 17.6 Å². The average Bonchev–Trinajstić information content (AvgIpc) is 2.36. The molecule has 1 heterocycles. The van der Waals surface area contributed by atoms with Crippen molar-refractivity contribution < 1.29 is 9.53 Å². The van der Waals surface area contributed by atoms with Gasteiger partial charge in [-0.05, 0) is 19.4 Å². The summed E-state index contributed by atoms with van der Waals surface area (Å²) in [7, 11) is 1.36. The van der Waals surface area contributed by atoms with E-state index in [4.69, 9.17) is 0 Å². The van der Waals surface area contributed by atoms with E-state index in [1.807, 2.05) is 13.8 Å². The van der Waals surface area contributed by atoms with Crippen LogP contribution in [-0.4, -0.2) is 23.7 Å². The lowest BCUT2D eigenvalue weighted by molar-refractivity contribution is -0.141. The molecule has 0 saturated carbocycles. The lowest BCUT2D eigenvalue weighted by Crippen LogP contribution is -2.30. The minimum absolute atomic E-state index is 0.0517. The lowest BCUT2D eigenvalue weighted by atomic mass is 10.2. The molecular weight excluding hydrogens is 220 g/mol. The van der Waals surface area contributed by atoms with E-state index >= 15 is 0 Å². The minimum Gasteiger partial charge on any atom is -0.467 e. The van der Waals surface area contributed by atoms with Crippen LogP contribution in [-0.2, 0) is 16.1 Å². The van der Waals surface area contributed by atoms with Crippen LogP contribution in [0.1, 0.15) is 20.3 Å². The SMILES string of the molecule is CCC(Nc1ccc(=O)n(CC)c1)C(=O)OC. The van der Waals surface area contributed by atoms with Crippen LogP contribution in [0.15, 0.2) is 23.1 Å². The van der Waals surface area contributed by atoms with Crippen molar-refractivity contribution in [1.29, 1.82) is 0 Å². The topological polar surface area (TPSA) is 60.3 Å². The maximum absolute atomic E-state index is 11.4. The molecule has 0 aliphatic carbocycles. The zero-order chi connectivity index (χ0) is 12.8. The van der Waals surface area contributed by atoms with Crippen molar-refractivity contribution in [3.8, 4) is 0 Å². The molecule has 0 radical (unpaired) electrons. The summed E-state index contributed by atoms with van der Waals surface area (Å²) in [5.74, 6) is -0.304. The van der Waals surface area contributed by atoms with E-state index in [1.165, 1.54) is 13.2 Å². The van der Waals surface area contributed by atoms with Gasteiger partial charge in [0.1, 0.15) is 6.04 Å². The van der Waals surface area contributed by atoms with Gasteiger partial charge in [-0.15, -0.1) is 0 Å². The van der Waals surface area contributed by atoms with Gasteiger partial charge in [0.15, 0.2) is 0 Å². The van der Waals surface area contributed by atoms with Crippen LogP contribution in [0.2, 0.25) is 0 Å². The third-order valence-corrected chi connectivity index (χ3v) is 2.56. The Labute approximate surface area is 100 Å². The fourth-order valence-electron chi connectivity index (χ4n) is 1.53. The third-order valence-electron chi connectivity index (χ3n) is 2.56. The summed E-state index contributed by atoms with van der Waals surface area (Å²) in [4.78, 5) is 22.8. The summed E-state index contributed by atoms with van der Waals surface area (Å²) in [6, 6.07) is 2.76. The number of nitrogens with zero attached hydrogens (tertiary/aromatic N) is 1. The smallest absolute Gasteiger partial charge is 0.328 e. The number of ether oxygens (including phenoxy) is 1. The van der Waals surface area contributed by atoms with Gasteiger partial charge in [0, 0.05) is 18.8 Å². The minimum atomic E-state index is -0.386. The van der Waals surface area contributed by atoms with Crippen molar-refractivity contribution >= 4 is 11.7 Å². The van der Waals surface area contributed by atoms with Crippen molar-refractivity contribution in [1.82, 2.24) is 4.57 Å². The Morgan fingerprint density at radius 2 is 2.18 bits per heavy atom.